The maximum atomic E-state index is 9.88. The van der Waals surface area contributed by atoms with Crippen molar-refractivity contribution < 1.29 is 4.52 Å². The Kier molecular flexibility index (Phi) is 7.14. The zero-order valence-electron chi connectivity index (χ0n) is 23.8. The number of nitrogens with one attached hydrogen (secondary N) is 1. The highest BCUT2D eigenvalue weighted by Crippen LogP contribution is 2.48. The fourth-order valence-corrected chi connectivity index (χ4v) is 7.54. The second-order valence-corrected chi connectivity index (χ2v) is 13.0. The van der Waals surface area contributed by atoms with Crippen molar-refractivity contribution >= 4 is 28.1 Å². The van der Waals surface area contributed by atoms with Gasteiger partial charge in [-0.3, -0.25) is 0 Å². The average molecular weight is 563 g/mol. The van der Waals surface area contributed by atoms with Crippen molar-refractivity contribution in [3.05, 3.63) is 28.0 Å². The third-order valence-electron chi connectivity index (χ3n) is 8.67. The van der Waals surface area contributed by atoms with Gasteiger partial charge in [-0.05, 0) is 53.1 Å². The topological polar surface area (TPSA) is 136 Å². The number of thiophene rings is 1. The molecule has 3 N–H and O–H groups in total. The van der Waals surface area contributed by atoms with Crippen molar-refractivity contribution in [2.45, 2.75) is 51.0 Å². The third-order valence-corrected chi connectivity index (χ3v) is 9.75. The number of rotatable bonds is 6. The first-order valence-electron chi connectivity index (χ1n) is 14.2. The first-order chi connectivity index (χ1) is 19.3. The van der Waals surface area contributed by atoms with Crippen LogP contribution in [0.1, 0.15) is 55.0 Å². The van der Waals surface area contributed by atoms with E-state index in [2.05, 4.69) is 59.2 Å². The number of nitrogen functional groups attached to an aromatic ring is 1. The maximum Gasteiger partial charge on any atom is 0.237 e. The summed E-state index contributed by atoms with van der Waals surface area (Å²) in [5, 5.41) is 18.2. The lowest BCUT2D eigenvalue weighted by Crippen LogP contribution is -2.47. The molecule has 3 aromatic rings. The number of hydrogen-bond donors (Lipinski definition) is 2. The van der Waals surface area contributed by atoms with Gasteiger partial charge in [-0.2, -0.15) is 15.2 Å². The van der Waals surface area contributed by atoms with E-state index in [4.69, 9.17) is 25.2 Å². The molecule has 0 radical (unpaired) electrons. The summed E-state index contributed by atoms with van der Waals surface area (Å²) >= 11 is 1.50. The summed E-state index contributed by atoms with van der Waals surface area (Å²) in [5.74, 6) is 3.09. The van der Waals surface area contributed by atoms with Crippen LogP contribution in [-0.4, -0.2) is 84.4 Å². The predicted octanol–water partition coefficient (Wildman–Crippen LogP) is 2.87. The highest BCUT2D eigenvalue weighted by Gasteiger charge is 2.43. The van der Waals surface area contributed by atoms with Gasteiger partial charge in [-0.1, -0.05) is 5.16 Å². The van der Waals surface area contributed by atoms with Crippen LogP contribution in [0.15, 0.2) is 10.6 Å². The van der Waals surface area contributed by atoms with E-state index >= 15 is 0 Å². The number of likely N-dealkylation sites (N-methyl/N-ethyl adjacent to an activating group) is 1. The van der Waals surface area contributed by atoms with E-state index in [0.29, 0.717) is 39.8 Å². The fraction of sp³-hybridized carbons (Fsp3) is 0.607. The summed E-state index contributed by atoms with van der Waals surface area (Å²) in [4.78, 5) is 23.0. The largest absolute Gasteiger partial charge is 0.389 e. The van der Waals surface area contributed by atoms with Gasteiger partial charge in [0.2, 0.25) is 17.7 Å². The van der Waals surface area contributed by atoms with E-state index in [0.717, 1.165) is 81.2 Å². The van der Waals surface area contributed by atoms with Crippen LogP contribution in [0.2, 0.25) is 0 Å². The average Bonchev–Trinajstić information content (AvgIpc) is 3.49. The quantitative estimate of drug-likeness (QED) is 0.459. The van der Waals surface area contributed by atoms with Crippen molar-refractivity contribution in [2.24, 2.45) is 5.92 Å². The molecule has 0 bridgehead atoms. The van der Waals surface area contributed by atoms with E-state index in [1.165, 1.54) is 11.3 Å². The molecule has 12 heteroatoms. The van der Waals surface area contributed by atoms with Crippen molar-refractivity contribution in [2.75, 3.05) is 68.9 Å². The fourth-order valence-electron chi connectivity index (χ4n) is 6.35. The molecule has 2 atom stereocenters. The monoisotopic (exact) mass is 562 g/mol. The molecule has 0 unspecified atom stereocenters. The Morgan fingerprint density at radius 1 is 1.27 bits per heavy atom. The van der Waals surface area contributed by atoms with Crippen LogP contribution in [0.25, 0.3) is 11.5 Å². The molecule has 5 heterocycles. The Balaban J connectivity index is 1.39. The number of nitrogens with zero attached hydrogens (tertiary/aromatic N) is 8. The summed E-state index contributed by atoms with van der Waals surface area (Å²) in [6, 6.07) is 4.56. The van der Waals surface area contributed by atoms with Crippen LogP contribution in [0.3, 0.4) is 0 Å². The molecule has 3 aromatic heterocycles. The Morgan fingerprint density at radius 2 is 2.10 bits per heavy atom. The first-order valence-corrected chi connectivity index (χ1v) is 15.0. The molecular formula is C28H38N10OS. The third kappa shape index (κ3) is 4.80. The van der Waals surface area contributed by atoms with Gasteiger partial charge in [-0.25, -0.2) is 4.98 Å². The molecule has 0 saturated carbocycles. The highest BCUT2D eigenvalue weighted by atomic mass is 32.1. The van der Waals surface area contributed by atoms with E-state index in [1.807, 2.05) is 6.07 Å². The summed E-state index contributed by atoms with van der Waals surface area (Å²) in [6.45, 7) is 10.2. The van der Waals surface area contributed by atoms with Gasteiger partial charge < -0.3 is 30.3 Å². The number of hydrogen-bond acceptors (Lipinski definition) is 12. The molecule has 6 rings (SSSR count). The van der Waals surface area contributed by atoms with E-state index in [1.54, 1.807) is 0 Å². The minimum absolute atomic E-state index is 0.269. The molecule has 2 aliphatic heterocycles. The lowest BCUT2D eigenvalue weighted by molar-refractivity contribution is 0.300. The second-order valence-electron chi connectivity index (χ2n) is 11.8. The van der Waals surface area contributed by atoms with E-state index in [-0.39, 0.29) is 6.04 Å². The molecule has 2 saturated heterocycles. The smallest absolute Gasteiger partial charge is 0.237 e. The minimum Gasteiger partial charge on any atom is -0.389 e. The summed E-state index contributed by atoms with van der Waals surface area (Å²) in [5.41, 5.74) is 7.79. The molecular weight excluding hydrogens is 524 g/mol. The number of fused-ring (bicyclic) bond motifs is 1. The van der Waals surface area contributed by atoms with Crippen LogP contribution in [0.4, 0.5) is 16.8 Å². The summed E-state index contributed by atoms with van der Waals surface area (Å²) in [6.07, 6.45) is 3.73. The molecule has 11 nitrogen and oxygen atoms in total. The standard InChI is InChI=1S/C28H38N10OS/c1-17-15-36(3)9-6-10-38(17)27-32-20(11-22(33-27)37(4)16-18-13-31-14-18)25-34-26(39-35-25)28(2)8-5-7-21-23(28)19(12-29)24(30)40-21/h11,17-18,31H,5-10,13-16,30H2,1-4H3/t17-,28-/m0/s1. The number of nitrogens with two attached hydrogens (primary N) is 1. The molecule has 212 valence electrons. The SMILES string of the molecule is C[C@H]1CN(C)CCCN1c1nc(-c2noc([C@@]3(C)CCCc4sc(N)c(C#N)c43)n2)cc(N(C)CC2CNC2)n1. The Labute approximate surface area is 239 Å². The maximum absolute atomic E-state index is 9.88. The Hall–Kier alpha value is -3.27. The van der Waals surface area contributed by atoms with E-state index in [9.17, 15) is 5.26 Å². The van der Waals surface area contributed by atoms with Crippen LogP contribution >= 0.6 is 11.3 Å². The van der Waals surface area contributed by atoms with Crippen molar-refractivity contribution in [3.63, 3.8) is 0 Å². The number of nitriles is 1. The van der Waals surface area contributed by atoms with Crippen molar-refractivity contribution in [3.8, 4) is 17.6 Å². The second kappa shape index (κ2) is 10.6. The van der Waals surface area contributed by atoms with Crippen LogP contribution < -0.4 is 20.9 Å². The number of anilines is 3. The predicted molar refractivity (Wildman–Crippen MR) is 157 cm³/mol. The van der Waals surface area contributed by atoms with Crippen LogP contribution in [0, 0.1) is 17.2 Å². The zero-order valence-corrected chi connectivity index (χ0v) is 24.6. The highest BCUT2D eigenvalue weighted by molar-refractivity contribution is 7.16. The summed E-state index contributed by atoms with van der Waals surface area (Å²) in [7, 11) is 4.25. The zero-order chi connectivity index (χ0) is 28.0. The molecule has 1 aliphatic carbocycles. The Bertz CT molecular complexity index is 1420. The van der Waals surface area contributed by atoms with Crippen molar-refractivity contribution in [1.29, 1.82) is 5.26 Å². The molecule has 0 amide bonds. The molecule has 0 aromatic carbocycles. The lowest BCUT2D eigenvalue weighted by atomic mass is 9.72. The number of aryl methyl sites for hydroxylation is 1. The molecule has 40 heavy (non-hydrogen) atoms. The van der Waals surface area contributed by atoms with Gasteiger partial charge in [-0.15, -0.1) is 11.3 Å². The first kappa shape index (κ1) is 26.9. The minimum atomic E-state index is -0.575. The summed E-state index contributed by atoms with van der Waals surface area (Å²) < 4.78 is 5.95. The van der Waals surface area contributed by atoms with E-state index < -0.39 is 5.41 Å². The van der Waals surface area contributed by atoms with Gasteiger partial charge in [0.15, 0.2) is 0 Å². The lowest BCUT2D eigenvalue weighted by Gasteiger charge is -2.33. The van der Waals surface area contributed by atoms with Crippen LogP contribution in [-0.2, 0) is 11.8 Å². The molecule has 2 fully saturated rings. The van der Waals surface area contributed by atoms with Gasteiger partial charge in [0.1, 0.15) is 22.6 Å². The van der Waals surface area contributed by atoms with Crippen LogP contribution in [0.5, 0.6) is 0 Å². The van der Waals surface area contributed by atoms with Gasteiger partial charge in [0, 0.05) is 68.2 Å². The van der Waals surface area contributed by atoms with Gasteiger partial charge >= 0.3 is 0 Å². The normalized spacial score (nSPS) is 23.8. The van der Waals surface area contributed by atoms with Gasteiger partial charge in [0.25, 0.3) is 0 Å². The molecule has 0 spiro atoms. The van der Waals surface area contributed by atoms with Gasteiger partial charge in [0.05, 0.1) is 11.0 Å². The van der Waals surface area contributed by atoms with Crippen molar-refractivity contribution in [1.82, 2.24) is 30.3 Å². The molecule has 3 aliphatic rings. The Morgan fingerprint density at radius 3 is 2.85 bits per heavy atom. The number of aromatic nitrogens is 4.